The van der Waals surface area contributed by atoms with Crippen LogP contribution >= 0.6 is 27.5 Å². The van der Waals surface area contributed by atoms with Crippen LogP contribution in [0, 0.1) is 0 Å². The molecule has 0 saturated heterocycles. The molecule has 0 unspecified atom stereocenters. The molecule has 3 nitrogen and oxygen atoms in total. The van der Waals surface area contributed by atoms with E-state index in [4.69, 9.17) is 11.6 Å². The molecule has 1 N–H and O–H groups in total. The molecule has 0 aliphatic heterocycles. The van der Waals surface area contributed by atoms with Crippen molar-refractivity contribution in [2.24, 2.45) is 0 Å². The largest absolute Gasteiger partial charge is 0.480 e. The third-order valence-corrected chi connectivity index (χ3v) is 4.05. The molecule has 1 aromatic rings. The first-order valence-electron chi connectivity index (χ1n) is 5.71. The summed E-state index contributed by atoms with van der Waals surface area (Å²) in [7, 11) is 0. The molecule has 0 bridgehead atoms. The minimum absolute atomic E-state index is 0.563. The molecule has 0 aromatic heterocycles. The quantitative estimate of drug-likeness (QED) is 0.890. The summed E-state index contributed by atoms with van der Waals surface area (Å²) >= 11 is 9.34. The Bertz CT molecular complexity index is 449. The third-order valence-electron chi connectivity index (χ3n) is 3.07. The fourth-order valence-electron chi connectivity index (χ4n) is 1.70. The van der Waals surface area contributed by atoms with Crippen molar-refractivity contribution in [3.8, 4) is 0 Å². The molecule has 1 rings (SSSR count). The highest BCUT2D eigenvalue weighted by atomic mass is 79.9. The highest BCUT2D eigenvalue weighted by Gasteiger charge is 2.33. The van der Waals surface area contributed by atoms with Crippen LogP contribution in [0.4, 0.5) is 0 Å². The number of hydrogen-bond acceptors (Lipinski definition) is 2. The second-order valence-electron chi connectivity index (χ2n) is 4.61. The molecule has 0 atom stereocenters. The Kier molecular flexibility index (Phi) is 5.20. The summed E-state index contributed by atoms with van der Waals surface area (Å²) in [5.74, 6) is -0.825. The molecule has 0 fully saturated rings. The fourth-order valence-corrected chi connectivity index (χ4v) is 2.50. The Morgan fingerprint density at radius 2 is 2.11 bits per heavy atom. The van der Waals surface area contributed by atoms with E-state index in [1.807, 2.05) is 30.0 Å². The van der Waals surface area contributed by atoms with Crippen LogP contribution in [0.3, 0.4) is 0 Å². The maximum absolute atomic E-state index is 11.3. The summed E-state index contributed by atoms with van der Waals surface area (Å²) in [5.41, 5.74) is 0.129. The normalized spacial score (nSPS) is 11.9. The van der Waals surface area contributed by atoms with Gasteiger partial charge in [-0.1, -0.05) is 40.5 Å². The minimum Gasteiger partial charge on any atom is -0.480 e. The van der Waals surface area contributed by atoms with Gasteiger partial charge in [0.15, 0.2) is 0 Å². The van der Waals surface area contributed by atoms with Gasteiger partial charge in [0.25, 0.3) is 0 Å². The number of hydrogen-bond donors (Lipinski definition) is 1. The monoisotopic (exact) mass is 333 g/mol. The van der Waals surface area contributed by atoms with Gasteiger partial charge in [-0.3, -0.25) is 9.69 Å². The predicted molar refractivity (Wildman–Crippen MR) is 77.0 cm³/mol. The summed E-state index contributed by atoms with van der Waals surface area (Å²) < 4.78 is 0.898. The van der Waals surface area contributed by atoms with E-state index in [-0.39, 0.29) is 0 Å². The topological polar surface area (TPSA) is 40.5 Å². The average molecular weight is 335 g/mol. The maximum Gasteiger partial charge on any atom is 0.323 e. The summed E-state index contributed by atoms with van der Waals surface area (Å²) in [6.07, 6.45) is 0. The molecule has 100 valence electrons. The molecule has 0 saturated carbocycles. The van der Waals surface area contributed by atoms with Crippen LogP contribution in [0.15, 0.2) is 22.7 Å². The SMILES string of the molecule is CCN(Cc1ccc(Cl)cc1Br)C(C)(C)C(=O)O. The second-order valence-corrected chi connectivity index (χ2v) is 5.90. The van der Waals surface area contributed by atoms with Crippen molar-refractivity contribution in [2.45, 2.75) is 32.9 Å². The van der Waals surface area contributed by atoms with Crippen LogP contribution in [-0.4, -0.2) is 28.1 Å². The molecule has 1 aromatic carbocycles. The highest BCUT2D eigenvalue weighted by molar-refractivity contribution is 9.10. The van der Waals surface area contributed by atoms with Crippen molar-refractivity contribution in [3.05, 3.63) is 33.3 Å². The van der Waals surface area contributed by atoms with Crippen LogP contribution < -0.4 is 0 Å². The number of halogens is 2. The zero-order valence-electron chi connectivity index (χ0n) is 10.7. The van der Waals surface area contributed by atoms with Crippen molar-refractivity contribution >= 4 is 33.5 Å². The van der Waals surface area contributed by atoms with Gasteiger partial charge >= 0.3 is 5.97 Å². The van der Waals surface area contributed by atoms with Gasteiger partial charge in [0.2, 0.25) is 0 Å². The van der Waals surface area contributed by atoms with Crippen molar-refractivity contribution in [1.29, 1.82) is 0 Å². The number of carbonyl (C=O) groups is 1. The average Bonchev–Trinajstić information content (AvgIpc) is 2.27. The van der Waals surface area contributed by atoms with Crippen LogP contribution in [-0.2, 0) is 11.3 Å². The Balaban J connectivity index is 2.96. The predicted octanol–water partition coefficient (Wildman–Crippen LogP) is 3.79. The van der Waals surface area contributed by atoms with Gasteiger partial charge in [0.05, 0.1) is 0 Å². The summed E-state index contributed by atoms with van der Waals surface area (Å²) in [6, 6.07) is 5.54. The van der Waals surface area contributed by atoms with E-state index in [2.05, 4.69) is 15.9 Å². The summed E-state index contributed by atoms with van der Waals surface area (Å²) in [5, 5.41) is 9.92. The maximum atomic E-state index is 11.3. The van der Waals surface area contributed by atoms with Crippen LogP contribution in [0.5, 0.6) is 0 Å². The first-order chi connectivity index (χ1) is 8.28. The van der Waals surface area contributed by atoms with Gasteiger partial charge in [0, 0.05) is 16.0 Å². The van der Waals surface area contributed by atoms with Crippen molar-refractivity contribution in [1.82, 2.24) is 4.90 Å². The third kappa shape index (κ3) is 3.46. The van der Waals surface area contributed by atoms with Gasteiger partial charge in [-0.25, -0.2) is 0 Å². The van der Waals surface area contributed by atoms with E-state index in [9.17, 15) is 9.90 Å². The van der Waals surface area contributed by atoms with Crippen LogP contribution in [0.1, 0.15) is 26.3 Å². The van der Waals surface area contributed by atoms with Crippen molar-refractivity contribution in [2.75, 3.05) is 6.54 Å². The molecule has 0 aliphatic carbocycles. The zero-order chi connectivity index (χ0) is 13.9. The number of likely N-dealkylation sites (N-methyl/N-ethyl adjacent to an activating group) is 1. The van der Waals surface area contributed by atoms with Crippen LogP contribution in [0.2, 0.25) is 5.02 Å². The van der Waals surface area contributed by atoms with E-state index in [0.29, 0.717) is 18.1 Å². The highest BCUT2D eigenvalue weighted by Crippen LogP contribution is 2.25. The number of benzene rings is 1. The molecule has 0 amide bonds. The fraction of sp³-hybridized carbons (Fsp3) is 0.462. The lowest BCUT2D eigenvalue weighted by Gasteiger charge is -2.34. The Morgan fingerprint density at radius 3 is 2.56 bits per heavy atom. The number of carboxylic acids is 1. The van der Waals surface area contributed by atoms with Gasteiger partial charge in [-0.2, -0.15) is 0 Å². The number of rotatable bonds is 5. The second kappa shape index (κ2) is 6.04. The molecule has 0 aliphatic rings. The van der Waals surface area contributed by atoms with E-state index in [1.54, 1.807) is 13.8 Å². The Morgan fingerprint density at radius 1 is 1.50 bits per heavy atom. The van der Waals surface area contributed by atoms with Crippen molar-refractivity contribution in [3.63, 3.8) is 0 Å². The molecule has 0 heterocycles. The number of aliphatic carboxylic acids is 1. The first kappa shape index (κ1) is 15.5. The molecular formula is C13H17BrClNO2. The van der Waals surface area contributed by atoms with Crippen molar-refractivity contribution < 1.29 is 9.90 Å². The lowest BCUT2D eigenvalue weighted by atomic mass is 10.0. The van der Waals surface area contributed by atoms with E-state index in [0.717, 1.165) is 10.0 Å². The van der Waals surface area contributed by atoms with E-state index < -0.39 is 11.5 Å². The molecule has 5 heteroatoms. The van der Waals surface area contributed by atoms with Gasteiger partial charge in [-0.15, -0.1) is 0 Å². The number of carboxylic acid groups (broad SMARTS) is 1. The van der Waals surface area contributed by atoms with Gasteiger partial charge in [-0.05, 0) is 38.1 Å². The van der Waals surface area contributed by atoms with E-state index >= 15 is 0 Å². The molecule has 18 heavy (non-hydrogen) atoms. The summed E-state index contributed by atoms with van der Waals surface area (Å²) in [6.45, 7) is 6.60. The Labute approximate surface area is 121 Å². The lowest BCUT2D eigenvalue weighted by Crippen LogP contribution is -2.49. The minimum atomic E-state index is -0.895. The molecule has 0 radical (unpaired) electrons. The zero-order valence-corrected chi connectivity index (χ0v) is 13.0. The standard InChI is InChI=1S/C13H17BrClNO2/c1-4-16(13(2,3)12(17)18)8-9-5-6-10(15)7-11(9)14/h5-7H,4,8H2,1-3H3,(H,17,18). The van der Waals surface area contributed by atoms with Crippen LogP contribution in [0.25, 0.3) is 0 Å². The molecular weight excluding hydrogens is 318 g/mol. The lowest BCUT2D eigenvalue weighted by molar-refractivity contribution is -0.149. The first-order valence-corrected chi connectivity index (χ1v) is 6.88. The van der Waals surface area contributed by atoms with Gasteiger partial charge in [0.1, 0.15) is 5.54 Å². The molecule has 0 spiro atoms. The van der Waals surface area contributed by atoms with Gasteiger partial charge < -0.3 is 5.11 Å². The number of nitrogens with zero attached hydrogens (tertiary/aromatic N) is 1. The smallest absolute Gasteiger partial charge is 0.323 e. The summed E-state index contributed by atoms with van der Waals surface area (Å²) in [4.78, 5) is 13.2. The Hall–Kier alpha value is -0.580. The van der Waals surface area contributed by atoms with E-state index in [1.165, 1.54) is 0 Å².